The number of Topliss-reactive ketones (excluding diaryl/α,β-unsaturated/α-hetero) is 2. The van der Waals surface area contributed by atoms with Crippen LogP contribution in [0.5, 0.6) is 5.75 Å². The van der Waals surface area contributed by atoms with Gasteiger partial charge in [0.1, 0.15) is 17.5 Å². The van der Waals surface area contributed by atoms with Gasteiger partial charge in [0.25, 0.3) is 0 Å². The number of pyridine rings is 1. The molecule has 0 unspecified atom stereocenters. The minimum atomic E-state index is -1.01. The molecule has 130 valence electrons. The van der Waals surface area contributed by atoms with Crippen LogP contribution in [0.25, 0.3) is 0 Å². The normalized spacial score (nSPS) is 26.8. The van der Waals surface area contributed by atoms with Crippen molar-refractivity contribution in [3.8, 4) is 5.75 Å². The van der Waals surface area contributed by atoms with Gasteiger partial charge in [0.05, 0.1) is 36.0 Å². The van der Waals surface area contributed by atoms with Crippen LogP contribution in [0.2, 0.25) is 0 Å². The van der Waals surface area contributed by atoms with Gasteiger partial charge in [-0.2, -0.15) is 0 Å². The van der Waals surface area contributed by atoms with Crippen molar-refractivity contribution in [3.63, 3.8) is 0 Å². The number of aromatic nitrogens is 1. The van der Waals surface area contributed by atoms with Crippen LogP contribution >= 0.6 is 0 Å². The average molecular weight is 343 g/mol. The number of fused-ring (bicyclic) bond motifs is 3. The Bertz CT molecular complexity index is 882. The summed E-state index contributed by atoms with van der Waals surface area (Å²) in [4.78, 5) is 42.3. The second-order valence-corrected chi connectivity index (χ2v) is 6.90. The highest BCUT2D eigenvalue weighted by atomic mass is 16.6. The number of rotatable bonds is 1. The molecule has 1 saturated heterocycles. The second kappa shape index (κ2) is 4.98. The van der Waals surface area contributed by atoms with Crippen LogP contribution in [0, 0.1) is 6.92 Å². The summed E-state index contributed by atoms with van der Waals surface area (Å²) < 4.78 is 16.4. The lowest BCUT2D eigenvalue weighted by Gasteiger charge is -2.41. The summed E-state index contributed by atoms with van der Waals surface area (Å²) in [7, 11) is 1.48. The zero-order valence-electron chi connectivity index (χ0n) is 14.3. The molecule has 2 atom stereocenters. The van der Waals surface area contributed by atoms with Crippen molar-refractivity contribution in [1.82, 2.24) is 4.98 Å². The lowest BCUT2D eigenvalue weighted by atomic mass is 9.74. The van der Waals surface area contributed by atoms with Gasteiger partial charge >= 0.3 is 5.97 Å². The van der Waals surface area contributed by atoms with E-state index in [1.165, 1.54) is 13.2 Å². The van der Waals surface area contributed by atoms with Crippen molar-refractivity contribution in [2.75, 3.05) is 7.11 Å². The molecule has 0 amide bonds. The summed E-state index contributed by atoms with van der Waals surface area (Å²) in [6, 6.07) is 1.53. The molecule has 25 heavy (non-hydrogen) atoms. The molecule has 0 spiro atoms. The van der Waals surface area contributed by atoms with Crippen LogP contribution in [-0.2, 0) is 14.3 Å². The Labute approximate surface area is 144 Å². The zero-order chi connectivity index (χ0) is 18.1. The van der Waals surface area contributed by atoms with Crippen LogP contribution in [0.1, 0.15) is 46.8 Å². The molecule has 0 aromatic carbocycles. The van der Waals surface area contributed by atoms with Gasteiger partial charge in [-0.25, -0.2) is 4.98 Å². The van der Waals surface area contributed by atoms with Crippen LogP contribution in [0.3, 0.4) is 0 Å². The third-order valence-corrected chi connectivity index (χ3v) is 4.88. The summed E-state index contributed by atoms with van der Waals surface area (Å²) in [6.45, 7) is 5.14. The number of aryl methyl sites for hydroxylation is 1. The molecular formula is C18H17NO6. The Morgan fingerprint density at radius 2 is 1.96 bits per heavy atom. The molecule has 4 rings (SSSR count). The molecule has 1 aromatic rings. The van der Waals surface area contributed by atoms with E-state index in [2.05, 4.69) is 4.98 Å². The Hall–Kier alpha value is -2.54. The van der Waals surface area contributed by atoms with Crippen LogP contribution in [-0.4, -0.2) is 47.4 Å². The van der Waals surface area contributed by atoms with Gasteiger partial charge < -0.3 is 14.2 Å². The van der Waals surface area contributed by atoms with Gasteiger partial charge in [0.2, 0.25) is 5.78 Å². The lowest BCUT2D eigenvalue weighted by Crippen LogP contribution is -2.50. The van der Waals surface area contributed by atoms with Gasteiger partial charge in [-0.3, -0.25) is 14.4 Å². The van der Waals surface area contributed by atoms with Gasteiger partial charge in [-0.05, 0) is 26.8 Å². The molecular weight excluding hydrogens is 326 g/mol. The first-order valence-corrected chi connectivity index (χ1v) is 8.01. The summed E-state index contributed by atoms with van der Waals surface area (Å²) >= 11 is 0. The molecule has 1 aromatic heterocycles. The molecule has 0 bridgehead atoms. The Morgan fingerprint density at radius 3 is 2.64 bits per heavy atom. The second-order valence-electron chi connectivity index (χ2n) is 6.90. The Balaban J connectivity index is 1.96. The minimum Gasteiger partial charge on any atom is -0.495 e. The van der Waals surface area contributed by atoms with E-state index in [1.54, 1.807) is 20.8 Å². The molecule has 3 heterocycles. The predicted molar refractivity (Wildman–Crippen MR) is 84.7 cm³/mol. The number of nitrogens with zero attached hydrogens (tertiary/aromatic N) is 1. The van der Waals surface area contributed by atoms with Gasteiger partial charge in [0.15, 0.2) is 11.9 Å². The minimum absolute atomic E-state index is 0.0638. The molecule has 0 radical (unpaired) electrons. The van der Waals surface area contributed by atoms with Crippen molar-refractivity contribution in [2.45, 2.75) is 45.0 Å². The molecule has 1 aliphatic carbocycles. The van der Waals surface area contributed by atoms with Crippen molar-refractivity contribution in [2.24, 2.45) is 0 Å². The molecule has 1 fully saturated rings. The molecule has 0 saturated carbocycles. The van der Waals surface area contributed by atoms with E-state index in [9.17, 15) is 14.4 Å². The maximum absolute atomic E-state index is 13.1. The highest BCUT2D eigenvalue weighted by molar-refractivity contribution is 6.27. The van der Waals surface area contributed by atoms with Crippen LogP contribution < -0.4 is 4.74 Å². The van der Waals surface area contributed by atoms with Crippen molar-refractivity contribution in [3.05, 3.63) is 34.2 Å². The Morgan fingerprint density at radius 1 is 1.24 bits per heavy atom. The monoisotopic (exact) mass is 343 g/mol. The maximum Gasteiger partial charge on any atom is 0.309 e. The number of ether oxygens (including phenoxy) is 3. The maximum atomic E-state index is 13.1. The summed E-state index contributed by atoms with van der Waals surface area (Å²) in [6.07, 6.45) is -1.36. The number of hydrogen-bond acceptors (Lipinski definition) is 7. The molecule has 2 aliphatic heterocycles. The lowest BCUT2D eigenvalue weighted by molar-refractivity contribution is -0.141. The highest BCUT2D eigenvalue weighted by Crippen LogP contribution is 2.45. The fourth-order valence-electron chi connectivity index (χ4n) is 3.83. The largest absolute Gasteiger partial charge is 0.495 e. The number of ketones is 2. The summed E-state index contributed by atoms with van der Waals surface area (Å²) in [5.41, 5.74) is 0.188. The van der Waals surface area contributed by atoms with E-state index in [4.69, 9.17) is 14.2 Å². The molecule has 0 N–H and O–H groups in total. The Kier molecular flexibility index (Phi) is 3.18. The molecule has 7 heteroatoms. The molecule has 3 aliphatic rings. The topological polar surface area (TPSA) is 91.8 Å². The smallest absolute Gasteiger partial charge is 0.309 e. The van der Waals surface area contributed by atoms with E-state index >= 15 is 0 Å². The zero-order valence-corrected chi connectivity index (χ0v) is 14.3. The first-order valence-electron chi connectivity index (χ1n) is 8.01. The number of hydrogen-bond donors (Lipinski definition) is 0. The van der Waals surface area contributed by atoms with Gasteiger partial charge in [0, 0.05) is 5.57 Å². The first kappa shape index (κ1) is 16.0. The number of carbonyl (C=O) groups is 3. The first-order chi connectivity index (χ1) is 11.7. The fourth-order valence-corrected chi connectivity index (χ4v) is 3.83. The van der Waals surface area contributed by atoms with Crippen molar-refractivity contribution in [1.29, 1.82) is 0 Å². The number of methoxy groups -OCH3 is 1. The van der Waals surface area contributed by atoms with Crippen molar-refractivity contribution >= 4 is 17.5 Å². The van der Waals surface area contributed by atoms with E-state index in [0.717, 1.165) is 0 Å². The highest BCUT2D eigenvalue weighted by Gasteiger charge is 2.54. The number of esters is 1. The van der Waals surface area contributed by atoms with Gasteiger partial charge in [-0.15, -0.1) is 0 Å². The van der Waals surface area contributed by atoms with Crippen LogP contribution in [0.15, 0.2) is 17.2 Å². The summed E-state index contributed by atoms with van der Waals surface area (Å²) in [5.74, 6) is -0.744. The fraction of sp³-hybridized carbons (Fsp3) is 0.444. The third kappa shape index (κ3) is 2.08. The standard InChI is InChI=1S/C18H17NO6/c1-7-9(23-4)5-8-14(19-7)16(22)12-13(15(8)21)18(2,3)25-10-6-11(20)24-17(10)12/h5,10,17H,6H2,1-4H3/t10-,17+/m1/s1. The van der Waals surface area contributed by atoms with E-state index < -0.39 is 29.6 Å². The summed E-state index contributed by atoms with van der Waals surface area (Å²) in [5, 5.41) is 0. The van der Waals surface area contributed by atoms with Gasteiger partial charge in [-0.1, -0.05) is 0 Å². The van der Waals surface area contributed by atoms with Crippen molar-refractivity contribution < 1.29 is 28.6 Å². The van der Waals surface area contributed by atoms with E-state index in [0.29, 0.717) is 11.4 Å². The SMILES string of the molecule is COc1cc2c(nc1C)C(=O)C1=C(C2=O)C(C)(C)O[C@@H]2CC(=O)O[C@H]12. The van der Waals surface area contributed by atoms with Crippen LogP contribution in [0.4, 0.5) is 0 Å². The number of carbonyl (C=O) groups excluding carboxylic acids is 3. The quantitative estimate of drug-likeness (QED) is 0.715. The van der Waals surface area contributed by atoms with E-state index in [1.807, 2.05) is 0 Å². The molecule has 7 nitrogen and oxygen atoms in total. The third-order valence-electron chi connectivity index (χ3n) is 4.88. The van der Waals surface area contributed by atoms with E-state index in [-0.39, 0.29) is 34.6 Å². The predicted octanol–water partition coefficient (Wildman–Crippen LogP) is 1.57. The average Bonchev–Trinajstić information content (AvgIpc) is 2.89.